The molecule has 0 spiro atoms. The van der Waals surface area contributed by atoms with E-state index in [1.54, 1.807) is 22.6 Å². The number of hydrogen-bond acceptors (Lipinski definition) is 3. The largest absolute Gasteiger partial charge is 0.289 e. The number of carbonyl (C=O) groups excluding carboxylic acids is 1. The molecule has 0 atom stereocenters. The van der Waals surface area contributed by atoms with Crippen molar-refractivity contribution >= 4 is 23.6 Å². The van der Waals surface area contributed by atoms with Crippen LogP contribution in [0.2, 0.25) is 0 Å². The molecule has 1 aromatic carbocycles. The zero-order valence-corrected chi connectivity index (χ0v) is 10.8. The highest BCUT2D eigenvalue weighted by Gasteiger charge is 2.21. The Morgan fingerprint density at radius 1 is 1.39 bits per heavy atom. The molecule has 1 aliphatic heterocycles. The second-order valence-electron chi connectivity index (χ2n) is 4.23. The van der Waals surface area contributed by atoms with E-state index in [-0.39, 0.29) is 5.78 Å². The summed E-state index contributed by atoms with van der Waals surface area (Å²) in [6.07, 6.45) is 5.61. The molecule has 18 heavy (non-hydrogen) atoms. The fraction of sp³-hybridized carbons (Fsp3) is 0.143. The quantitative estimate of drug-likeness (QED) is 0.736. The minimum absolute atomic E-state index is 0.133. The van der Waals surface area contributed by atoms with Gasteiger partial charge in [-0.25, -0.2) is 0 Å². The van der Waals surface area contributed by atoms with E-state index in [1.807, 2.05) is 43.6 Å². The van der Waals surface area contributed by atoms with Gasteiger partial charge in [-0.1, -0.05) is 12.1 Å². The van der Waals surface area contributed by atoms with Gasteiger partial charge in [-0.3, -0.25) is 9.48 Å². The summed E-state index contributed by atoms with van der Waals surface area (Å²) < 4.78 is 1.74. The Morgan fingerprint density at radius 2 is 2.22 bits per heavy atom. The van der Waals surface area contributed by atoms with Crippen LogP contribution in [0.25, 0.3) is 6.08 Å². The van der Waals surface area contributed by atoms with Crippen molar-refractivity contribution in [2.45, 2.75) is 4.90 Å². The monoisotopic (exact) mass is 256 g/mol. The van der Waals surface area contributed by atoms with Gasteiger partial charge < -0.3 is 0 Å². The maximum atomic E-state index is 12.3. The number of aromatic nitrogens is 2. The minimum atomic E-state index is 0.133. The number of nitrogens with zero attached hydrogens (tertiary/aromatic N) is 2. The summed E-state index contributed by atoms with van der Waals surface area (Å²) in [7, 11) is 1.87. The fourth-order valence-corrected chi connectivity index (χ4v) is 3.01. The summed E-state index contributed by atoms with van der Waals surface area (Å²) in [4.78, 5) is 13.4. The van der Waals surface area contributed by atoms with Gasteiger partial charge in [-0.05, 0) is 18.2 Å². The molecule has 0 bridgehead atoms. The highest BCUT2D eigenvalue weighted by atomic mass is 32.2. The first-order valence-corrected chi connectivity index (χ1v) is 6.68. The van der Waals surface area contributed by atoms with Crippen molar-refractivity contribution in [1.29, 1.82) is 0 Å². The first kappa shape index (κ1) is 11.3. The summed E-state index contributed by atoms with van der Waals surface area (Å²) in [6.45, 7) is 0. The molecule has 0 amide bonds. The van der Waals surface area contributed by atoms with Crippen molar-refractivity contribution in [2.75, 3.05) is 5.75 Å². The molecule has 0 fully saturated rings. The van der Waals surface area contributed by atoms with Gasteiger partial charge in [0.2, 0.25) is 0 Å². The van der Waals surface area contributed by atoms with Crippen LogP contribution in [0.4, 0.5) is 0 Å². The molecule has 2 aromatic rings. The average Bonchev–Trinajstić information content (AvgIpc) is 2.79. The van der Waals surface area contributed by atoms with E-state index < -0.39 is 0 Å². The lowest BCUT2D eigenvalue weighted by atomic mass is 10.0. The second kappa shape index (κ2) is 4.46. The van der Waals surface area contributed by atoms with Crippen LogP contribution < -0.4 is 0 Å². The van der Waals surface area contributed by atoms with Crippen molar-refractivity contribution in [3.05, 3.63) is 53.4 Å². The van der Waals surface area contributed by atoms with Crippen LogP contribution in [0.1, 0.15) is 15.9 Å². The van der Waals surface area contributed by atoms with E-state index in [2.05, 4.69) is 5.10 Å². The van der Waals surface area contributed by atoms with Crippen LogP contribution in [-0.4, -0.2) is 21.3 Å². The summed E-state index contributed by atoms with van der Waals surface area (Å²) in [5.74, 6) is 0.860. The maximum Gasteiger partial charge on any atom is 0.191 e. The molecule has 2 heterocycles. The Labute approximate surface area is 110 Å². The first-order valence-electron chi connectivity index (χ1n) is 5.70. The van der Waals surface area contributed by atoms with Crippen LogP contribution in [-0.2, 0) is 7.05 Å². The van der Waals surface area contributed by atoms with Crippen LogP contribution in [0.3, 0.4) is 0 Å². The average molecular weight is 256 g/mol. The fourth-order valence-electron chi connectivity index (χ4n) is 2.00. The Bertz CT molecular complexity index is 643. The smallest absolute Gasteiger partial charge is 0.191 e. The number of hydrogen-bond donors (Lipinski definition) is 0. The Balaban J connectivity index is 1.98. The number of benzene rings is 1. The highest BCUT2D eigenvalue weighted by molar-refractivity contribution is 7.99. The molecule has 0 saturated heterocycles. The van der Waals surface area contributed by atoms with E-state index >= 15 is 0 Å². The number of ketones is 1. The maximum absolute atomic E-state index is 12.3. The number of rotatable bonds is 1. The molecule has 1 aromatic heterocycles. The molecule has 0 N–H and O–H groups in total. The lowest BCUT2D eigenvalue weighted by molar-refractivity contribution is 0.103. The Kier molecular flexibility index (Phi) is 2.80. The number of aryl methyl sites for hydroxylation is 1. The predicted octanol–water partition coefficient (Wildman–Crippen LogP) is 2.79. The topological polar surface area (TPSA) is 34.9 Å². The van der Waals surface area contributed by atoms with Gasteiger partial charge in [-0.15, -0.1) is 11.8 Å². The number of fused-ring (bicyclic) bond motifs is 1. The Hall–Kier alpha value is -1.81. The molecule has 3 rings (SSSR count). The molecule has 0 radical (unpaired) electrons. The second-order valence-corrected chi connectivity index (χ2v) is 5.25. The van der Waals surface area contributed by atoms with E-state index in [0.717, 1.165) is 27.3 Å². The third-order valence-corrected chi connectivity index (χ3v) is 3.99. The third-order valence-electron chi connectivity index (χ3n) is 2.87. The SMILES string of the molecule is Cn1cc(/C=C2\CSc3ccccc3C2=O)cn1. The third kappa shape index (κ3) is 1.99. The van der Waals surface area contributed by atoms with E-state index in [0.29, 0.717) is 0 Å². The number of carbonyl (C=O) groups is 1. The van der Waals surface area contributed by atoms with Crippen molar-refractivity contribution in [3.63, 3.8) is 0 Å². The molecule has 0 aliphatic carbocycles. The first-order chi connectivity index (χ1) is 8.74. The van der Waals surface area contributed by atoms with Gasteiger partial charge in [0.15, 0.2) is 5.78 Å². The van der Waals surface area contributed by atoms with Gasteiger partial charge in [-0.2, -0.15) is 5.10 Å². The van der Waals surface area contributed by atoms with Gasteiger partial charge in [0.1, 0.15) is 0 Å². The molecule has 0 unspecified atom stereocenters. The van der Waals surface area contributed by atoms with E-state index in [1.165, 1.54) is 0 Å². The zero-order chi connectivity index (χ0) is 12.5. The summed E-state index contributed by atoms with van der Waals surface area (Å²) in [6, 6.07) is 7.76. The summed E-state index contributed by atoms with van der Waals surface area (Å²) in [5.41, 5.74) is 2.62. The highest BCUT2D eigenvalue weighted by Crippen LogP contribution is 2.32. The van der Waals surface area contributed by atoms with Gasteiger partial charge >= 0.3 is 0 Å². The van der Waals surface area contributed by atoms with Crippen molar-refractivity contribution in [2.24, 2.45) is 7.05 Å². The van der Waals surface area contributed by atoms with Crippen LogP contribution in [0.5, 0.6) is 0 Å². The lowest BCUT2D eigenvalue weighted by Gasteiger charge is -2.16. The van der Waals surface area contributed by atoms with Crippen LogP contribution >= 0.6 is 11.8 Å². The molecular weight excluding hydrogens is 244 g/mol. The van der Waals surface area contributed by atoms with Gasteiger partial charge in [0, 0.05) is 40.6 Å². The molecule has 90 valence electrons. The molecule has 4 heteroatoms. The number of thioether (sulfide) groups is 1. The summed E-state index contributed by atoms with van der Waals surface area (Å²) in [5, 5.41) is 4.11. The van der Waals surface area contributed by atoms with Gasteiger partial charge in [0.25, 0.3) is 0 Å². The van der Waals surface area contributed by atoms with Crippen molar-refractivity contribution < 1.29 is 4.79 Å². The molecule has 0 saturated carbocycles. The minimum Gasteiger partial charge on any atom is -0.289 e. The van der Waals surface area contributed by atoms with Crippen LogP contribution in [0.15, 0.2) is 47.1 Å². The standard InChI is InChI=1S/C14H12N2OS/c1-16-8-10(7-15-16)6-11-9-18-13-5-3-2-4-12(13)14(11)17/h2-8H,9H2,1H3/b11-6+. The lowest BCUT2D eigenvalue weighted by Crippen LogP contribution is -2.11. The Morgan fingerprint density at radius 3 is 3.00 bits per heavy atom. The number of Topliss-reactive ketones (excluding diaryl/α,β-unsaturated/α-hetero) is 1. The molecular formula is C14H12N2OS. The van der Waals surface area contributed by atoms with Crippen molar-refractivity contribution in [3.8, 4) is 0 Å². The molecule has 3 nitrogen and oxygen atoms in total. The predicted molar refractivity (Wildman–Crippen MR) is 72.7 cm³/mol. The van der Waals surface area contributed by atoms with E-state index in [9.17, 15) is 4.79 Å². The molecule has 1 aliphatic rings. The van der Waals surface area contributed by atoms with Gasteiger partial charge in [0.05, 0.1) is 6.20 Å². The normalized spacial score (nSPS) is 16.9. The van der Waals surface area contributed by atoms with E-state index in [4.69, 9.17) is 0 Å². The van der Waals surface area contributed by atoms with Crippen molar-refractivity contribution in [1.82, 2.24) is 9.78 Å². The van der Waals surface area contributed by atoms with Crippen LogP contribution in [0, 0.1) is 0 Å². The summed E-state index contributed by atoms with van der Waals surface area (Å²) >= 11 is 1.71. The zero-order valence-electron chi connectivity index (χ0n) is 9.96.